The van der Waals surface area contributed by atoms with Gasteiger partial charge in [-0.2, -0.15) is 10.2 Å². The Morgan fingerprint density at radius 3 is 2.00 bits per heavy atom. The molecule has 1 aliphatic rings. The highest BCUT2D eigenvalue weighted by Gasteiger charge is 2.17. The van der Waals surface area contributed by atoms with Crippen LogP contribution in [0, 0.1) is 0 Å². The number of nitrogens with zero attached hydrogens (tertiary/aromatic N) is 2. The molecule has 0 unspecified atom stereocenters. The number of ether oxygens (including phenoxy) is 3. The maximum absolute atomic E-state index is 11.3. The van der Waals surface area contributed by atoms with E-state index in [0.29, 0.717) is 24.5 Å². The van der Waals surface area contributed by atoms with E-state index in [1.54, 1.807) is 24.3 Å². The minimum atomic E-state index is -0.375. The lowest BCUT2D eigenvalue weighted by atomic mass is 10.2. The molecule has 0 N–H and O–H groups in total. The van der Waals surface area contributed by atoms with Crippen LogP contribution in [-0.4, -0.2) is 26.3 Å². The fraction of sp³-hybridized carbons (Fsp3) is 0.235. The lowest BCUT2D eigenvalue weighted by Gasteiger charge is -2.08. The molecule has 1 aliphatic heterocycles. The minimum Gasteiger partial charge on any atom is -0.465 e. The van der Waals surface area contributed by atoms with Crippen molar-refractivity contribution in [1.82, 2.24) is 0 Å². The number of carbonyl (C=O) groups is 1. The second-order valence-electron chi connectivity index (χ2n) is 4.90. The van der Waals surface area contributed by atoms with E-state index in [9.17, 15) is 4.79 Å². The van der Waals surface area contributed by atoms with Gasteiger partial charge >= 0.3 is 5.97 Å². The summed E-state index contributed by atoms with van der Waals surface area (Å²) in [7, 11) is 1.35. The maximum atomic E-state index is 11.3. The molecule has 6 nitrogen and oxygen atoms in total. The van der Waals surface area contributed by atoms with Crippen molar-refractivity contribution < 1.29 is 19.0 Å². The summed E-state index contributed by atoms with van der Waals surface area (Å²) in [5, 5.41) is 8.31. The number of benzene rings is 2. The Morgan fingerprint density at radius 2 is 1.48 bits per heavy atom. The molecule has 118 valence electrons. The van der Waals surface area contributed by atoms with E-state index in [1.165, 1.54) is 7.11 Å². The molecule has 0 aromatic heterocycles. The van der Waals surface area contributed by atoms with Gasteiger partial charge in [0.1, 0.15) is 0 Å². The first-order valence-corrected chi connectivity index (χ1v) is 7.19. The molecule has 6 heteroatoms. The van der Waals surface area contributed by atoms with Crippen molar-refractivity contribution in [3.63, 3.8) is 0 Å². The molecule has 1 saturated heterocycles. The summed E-state index contributed by atoms with van der Waals surface area (Å²) in [5.41, 5.74) is 2.82. The summed E-state index contributed by atoms with van der Waals surface area (Å²) in [6, 6.07) is 14.2. The highest BCUT2D eigenvalue weighted by Crippen LogP contribution is 2.26. The summed E-state index contributed by atoms with van der Waals surface area (Å²) < 4.78 is 15.5. The second-order valence-corrected chi connectivity index (χ2v) is 4.90. The van der Waals surface area contributed by atoms with Gasteiger partial charge in [0, 0.05) is 5.56 Å². The number of azo groups is 1. The van der Waals surface area contributed by atoms with Crippen LogP contribution in [0.1, 0.15) is 22.2 Å². The number of methoxy groups -OCH3 is 1. The predicted octanol–water partition coefficient (Wildman–Crippen LogP) is 3.93. The average Bonchev–Trinajstić information content (AvgIpc) is 3.15. The topological polar surface area (TPSA) is 69.5 Å². The van der Waals surface area contributed by atoms with Crippen molar-refractivity contribution in [2.75, 3.05) is 20.3 Å². The van der Waals surface area contributed by atoms with Crippen LogP contribution < -0.4 is 0 Å². The first kappa shape index (κ1) is 15.3. The first-order valence-electron chi connectivity index (χ1n) is 7.19. The molecule has 1 heterocycles. The molecule has 0 spiro atoms. The molecule has 1 fully saturated rings. The Morgan fingerprint density at radius 1 is 0.957 bits per heavy atom. The van der Waals surface area contributed by atoms with E-state index in [0.717, 1.165) is 11.3 Å². The van der Waals surface area contributed by atoms with Crippen LogP contribution in [0.3, 0.4) is 0 Å². The van der Waals surface area contributed by atoms with Crippen molar-refractivity contribution in [3.05, 3.63) is 59.7 Å². The third-order valence-corrected chi connectivity index (χ3v) is 3.36. The number of hydrogen-bond acceptors (Lipinski definition) is 6. The van der Waals surface area contributed by atoms with Gasteiger partial charge in [-0.3, -0.25) is 0 Å². The van der Waals surface area contributed by atoms with E-state index in [2.05, 4.69) is 15.0 Å². The molecular weight excluding hydrogens is 296 g/mol. The Kier molecular flexibility index (Phi) is 4.75. The summed E-state index contributed by atoms with van der Waals surface area (Å²) in [6.07, 6.45) is -0.285. The van der Waals surface area contributed by atoms with Crippen LogP contribution in [0.2, 0.25) is 0 Å². The summed E-state index contributed by atoms with van der Waals surface area (Å²) in [6.45, 7) is 1.24. The molecule has 0 bridgehead atoms. The van der Waals surface area contributed by atoms with Gasteiger partial charge in [-0.15, -0.1) is 0 Å². The lowest BCUT2D eigenvalue weighted by molar-refractivity contribution is -0.0441. The van der Waals surface area contributed by atoms with Crippen LogP contribution in [0.25, 0.3) is 0 Å². The molecule has 23 heavy (non-hydrogen) atoms. The van der Waals surface area contributed by atoms with Gasteiger partial charge in [0.15, 0.2) is 6.29 Å². The van der Waals surface area contributed by atoms with Crippen molar-refractivity contribution in [3.8, 4) is 0 Å². The van der Waals surface area contributed by atoms with Gasteiger partial charge in [0.25, 0.3) is 0 Å². The standard InChI is InChI=1S/C17H16N2O4/c1-21-16(20)12-2-6-14(7-3-12)18-19-15-8-4-13(5-9-15)17-22-10-11-23-17/h2-9,17H,10-11H2,1H3. The summed E-state index contributed by atoms with van der Waals surface area (Å²) >= 11 is 0. The highest BCUT2D eigenvalue weighted by atomic mass is 16.7. The zero-order valence-electron chi connectivity index (χ0n) is 12.6. The van der Waals surface area contributed by atoms with Crippen molar-refractivity contribution in [1.29, 1.82) is 0 Å². The Hall–Kier alpha value is -2.57. The van der Waals surface area contributed by atoms with Crippen LogP contribution in [-0.2, 0) is 14.2 Å². The zero-order valence-corrected chi connectivity index (χ0v) is 12.6. The largest absolute Gasteiger partial charge is 0.465 e. The smallest absolute Gasteiger partial charge is 0.337 e. The second kappa shape index (κ2) is 7.13. The Labute approximate surface area is 133 Å². The van der Waals surface area contributed by atoms with Crippen molar-refractivity contribution >= 4 is 17.3 Å². The van der Waals surface area contributed by atoms with Gasteiger partial charge in [-0.1, -0.05) is 12.1 Å². The predicted molar refractivity (Wildman–Crippen MR) is 83.0 cm³/mol. The maximum Gasteiger partial charge on any atom is 0.337 e. The summed E-state index contributed by atoms with van der Waals surface area (Å²) in [4.78, 5) is 11.3. The van der Waals surface area contributed by atoms with Gasteiger partial charge < -0.3 is 14.2 Å². The number of rotatable bonds is 4. The molecule has 0 atom stereocenters. The van der Waals surface area contributed by atoms with Gasteiger partial charge in [0.2, 0.25) is 0 Å². The van der Waals surface area contributed by atoms with E-state index in [1.807, 2.05) is 24.3 Å². The third-order valence-electron chi connectivity index (χ3n) is 3.36. The number of esters is 1. The van der Waals surface area contributed by atoms with E-state index in [4.69, 9.17) is 9.47 Å². The molecule has 0 aliphatic carbocycles. The van der Waals surface area contributed by atoms with E-state index < -0.39 is 0 Å². The van der Waals surface area contributed by atoms with Gasteiger partial charge in [-0.25, -0.2) is 4.79 Å². The quantitative estimate of drug-likeness (QED) is 0.633. The molecule has 0 radical (unpaired) electrons. The molecule has 0 saturated carbocycles. The Bertz CT molecular complexity index is 690. The SMILES string of the molecule is COC(=O)c1ccc(N=Nc2ccc(C3OCCO3)cc2)cc1. The van der Waals surface area contributed by atoms with E-state index >= 15 is 0 Å². The minimum absolute atomic E-state index is 0.285. The average molecular weight is 312 g/mol. The zero-order chi connectivity index (χ0) is 16.1. The number of hydrogen-bond donors (Lipinski definition) is 0. The van der Waals surface area contributed by atoms with Crippen LogP contribution >= 0.6 is 0 Å². The first-order chi connectivity index (χ1) is 11.3. The number of carbonyl (C=O) groups excluding carboxylic acids is 1. The lowest BCUT2D eigenvalue weighted by Crippen LogP contribution is -1.99. The van der Waals surface area contributed by atoms with Crippen LogP contribution in [0.4, 0.5) is 11.4 Å². The summed E-state index contributed by atoms with van der Waals surface area (Å²) in [5.74, 6) is -0.375. The molecule has 0 amide bonds. The fourth-order valence-corrected chi connectivity index (χ4v) is 2.15. The van der Waals surface area contributed by atoms with Crippen LogP contribution in [0.5, 0.6) is 0 Å². The highest BCUT2D eigenvalue weighted by molar-refractivity contribution is 5.89. The van der Waals surface area contributed by atoms with Crippen molar-refractivity contribution in [2.24, 2.45) is 10.2 Å². The van der Waals surface area contributed by atoms with Gasteiger partial charge in [-0.05, 0) is 36.4 Å². The molecular formula is C17H16N2O4. The van der Waals surface area contributed by atoms with Crippen molar-refractivity contribution in [2.45, 2.75) is 6.29 Å². The molecule has 2 aromatic rings. The van der Waals surface area contributed by atoms with Gasteiger partial charge in [0.05, 0.1) is 37.3 Å². The third kappa shape index (κ3) is 3.80. The Balaban J connectivity index is 1.66. The fourth-order valence-electron chi connectivity index (χ4n) is 2.15. The normalized spacial score (nSPS) is 15.2. The van der Waals surface area contributed by atoms with Crippen LogP contribution in [0.15, 0.2) is 58.8 Å². The molecule has 2 aromatic carbocycles. The monoisotopic (exact) mass is 312 g/mol. The van der Waals surface area contributed by atoms with E-state index in [-0.39, 0.29) is 12.3 Å². The molecule has 3 rings (SSSR count).